The van der Waals surface area contributed by atoms with Crippen LogP contribution in [0.1, 0.15) is 0 Å². The van der Waals surface area contributed by atoms with Crippen LogP contribution in [0.15, 0.2) is 267 Å². The van der Waals surface area contributed by atoms with Gasteiger partial charge in [-0.05, 0) is 77.4 Å². The maximum absolute atomic E-state index is 5.02. The van der Waals surface area contributed by atoms with Crippen LogP contribution in [0.2, 0.25) is 0 Å². The molecule has 0 unspecified atom stereocenters. The molecule has 0 amide bonds. The lowest BCUT2D eigenvalue weighted by molar-refractivity contribution is 1.07. The number of nitrogens with zero attached hydrogens (tertiary/aromatic N) is 6. The lowest BCUT2D eigenvalue weighted by Gasteiger charge is -2.17. The van der Waals surface area contributed by atoms with Gasteiger partial charge in [-0.2, -0.15) is 0 Å². The molecule has 0 aliphatic rings. The van der Waals surface area contributed by atoms with Crippen molar-refractivity contribution in [2.24, 2.45) is 0 Å². The second-order valence-electron chi connectivity index (χ2n) is 19.2. The summed E-state index contributed by atoms with van der Waals surface area (Å²) >= 11 is 0. The van der Waals surface area contributed by atoms with Gasteiger partial charge in [-0.15, -0.1) is 0 Å². The predicted molar refractivity (Wildman–Crippen MR) is 310 cm³/mol. The SMILES string of the molecule is c1ccc(-c2nc(-c3ccccc3)nc(-c3ccc(-c4ccc(-c5ccc6c7ccc(-n8c9ccccc9c9ccccc98)cc7n(-c7ccccc7)c6c5)c(-n5c6ccccc6c6ccccc65)c4)cc3)n2)cc1. The Balaban J connectivity index is 0.908. The van der Waals surface area contributed by atoms with Crippen molar-refractivity contribution in [2.45, 2.75) is 0 Å². The number of para-hydroxylation sites is 5. The summed E-state index contributed by atoms with van der Waals surface area (Å²) in [4.78, 5) is 15.0. The van der Waals surface area contributed by atoms with Gasteiger partial charge in [0.05, 0.1) is 38.8 Å². The number of hydrogen-bond donors (Lipinski definition) is 0. The van der Waals surface area contributed by atoms with E-state index in [9.17, 15) is 0 Å². The molecule has 15 aromatic rings. The van der Waals surface area contributed by atoms with E-state index in [1.54, 1.807) is 0 Å². The summed E-state index contributed by atoms with van der Waals surface area (Å²) in [5.41, 5.74) is 17.6. The van der Waals surface area contributed by atoms with Gasteiger partial charge in [0.25, 0.3) is 0 Å². The van der Waals surface area contributed by atoms with Crippen LogP contribution >= 0.6 is 0 Å². The largest absolute Gasteiger partial charge is 0.309 e. The summed E-state index contributed by atoms with van der Waals surface area (Å²) in [6.07, 6.45) is 0. The zero-order valence-electron chi connectivity index (χ0n) is 40.6. The van der Waals surface area contributed by atoms with Gasteiger partial charge in [0, 0.05) is 65.9 Å². The Bertz CT molecular complexity index is 4520. The Morgan fingerprint density at radius 2 is 0.587 bits per heavy atom. The second kappa shape index (κ2) is 17.3. The van der Waals surface area contributed by atoms with E-state index in [1.165, 1.54) is 43.4 Å². The molecule has 0 saturated carbocycles. The first-order chi connectivity index (χ1) is 37.2. The predicted octanol–water partition coefficient (Wildman–Crippen LogP) is 17.5. The molecule has 0 spiro atoms. The van der Waals surface area contributed by atoms with Gasteiger partial charge >= 0.3 is 0 Å². The monoisotopic (exact) mass is 956 g/mol. The van der Waals surface area contributed by atoms with Gasteiger partial charge in [0.1, 0.15) is 0 Å². The van der Waals surface area contributed by atoms with Gasteiger partial charge in [0.2, 0.25) is 0 Å². The lowest BCUT2D eigenvalue weighted by atomic mass is 9.96. The maximum Gasteiger partial charge on any atom is 0.164 e. The normalized spacial score (nSPS) is 11.7. The molecule has 0 aliphatic carbocycles. The fourth-order valence-electron chi connectivity index (χ4n) is 11.4. The van der Waals surface area contributed by atoms with Crippen molar-refractivity contribution in [3.05, 3.63) is 267 Å². The summed E-state index contributed by atoms with van der Waals surface area (Å²) in [5, 5.41) is 7.34. The van der Waals surface area contributed by atoms with Crippen molar-refractivity contribution in [2.75, 3.05) is 0 Å². The van der Waals surface area contributed by atoms with E-state index in [1.807, 2.05) is 60.7 Å². The molecule has 0 atom stereocenters. The maximum atomic E-state index is 5.02. The molecule has 350 valence electrons. The molecule has 0 saturated heterocycles. The number of hydrogen-bond acceptors (Lipinski definition) is 3. The molecule has 6 nitrogen and oxygen atoms in total. The van der Waals surface area contributed by atoms with E-state index in [0.29, 0.717) is 17.5 Å². The first kappa shape index (κ1) is 42.5. The zero-order valence-corrected chi connectivity index (χ0v) is 40.6. The molecule has 15 rings (SSSR count). The molecule has 0 N–H and O–H groups in total. The standard InChI is InChI=1S/C69H44N6/c1-4-18-46(19-5-1)67-70-68(47-20-6-2-7-21-47)72-69(71-67)48-34-32-45(33-35-48)49-36-39-53(64(42-49)75-62-30-16-12-26-56(62)57-27-13-17-31-63(57)75)50-37-40-58-59-41-38-52(44-66(59)73(65(58)43-50)51-22-8-3-9-23-51)74-60-28-14-10-24-54(60)55-25-11-15-29-61(55)74/h1-44H. The molecule has 4 heterocycles. The molecular weight excluding hydrogens is 913 g/mol. The van der Waals surface area contributed by atoms with Crippen molar-refractivity contribution in [3.8, 4) is 73.5 Å². The van der Waals surface area contributed by atoms with Crippen LogP contribution in [-0.2, 0) is 0 Å². The Labute approximate surface area is 432 Å². The van der Waals surface area contributed by atoms with Crippen molar-refractivity contribution in [3.63, 3.8) is 0 Å². The summed E-state index contributed by atoms with van der Waals surface area (Å²) in [7, 11) is 0. The van der Waals surface area contributed by atoms with Crippen molar-refractivity contribution in [1.29, 1.82) is 0 Å². The Morgan fingerprint density at radius 3 is 1.12 bits per heavy atom. The summed E-state index contributed by atoms with van der Waals surface area (Å²) in [5.74, 6) is 1.91. The topological polar surface area (TPSA) is 53.5 Å². The van der Waals surface area contributed by atoms with E-state index in [4.69, 9.17) is 15.0 Å². The molecule has 75 heavy (non-hydrogen) atoms. The zero-order chi connectivity index (χ0) is 49.4. The van der Waals surface area contributed by atoms with Crippen molar-refractivity contribution in [1.82, 2.24) is 28.7 Å². The van der Waals surface area contributed by atoms with Crippen LogP contribution in [0.3, 0.4) is 0 Å². The Kier molecular flexibility index (Phi) is 9.78. The molecule has 4 aromatic heterocycles. The van der Waals surface area contributed by atoms with Crippen molar-refractivity contribution >= 4 is 65.4 Å². The highest BCUT2D eigenvalue weighted by molar-refractivity contribution is 6.13. The Morgan fingerprint density at radius 1 is 0.213 bits per heavy atom. The van der Waals surface area contributed by atoms with E-state index in [2.05, 4.69) is 220 Å². The molecule has 0 bridgehead atoms. The fourth-order valence-corrected chi connectivity index (χ4v) is 11.4. The fraction of sp³-hybridized carbons (Fsp3) is 0. The first-order valence-electron chi connectivity index (χ1n) is 25.4. The summed E-state index contributed by atoms with van der Waals surface area (Å²) < 4.78 is 7.31. The molecule has 0 aliphatic heterocycles. The number of benzene rings is 11. The van der Waals surface area contributed by atoms with E-state index in [0.717, 1.165) is 78.1 Å². The number of fused-ring (bicyclic) bond motifs is 9. The lowest BCUT2D eigenvalue weighted by Crippen LogP contribution is -2.00. The smallest absolute Gasteiger partial charge is 0.164 e. The van der Waals surface area contributed by atoms with Gasteiger partial charge in [-0.3, -0.25) is 0 Å². The van der Waals surface area contributed by atoms with Gasteiger partial charge in [-0.25, -0.2) is 15.0 Å². The van der Waals surface area contributed by atoms with Gasteiger partial charge in [-0.1, -0.05) is 206 Å². The van der Waals surface area contributed by atoms with Gasteiger partial charge in [0.15, 0.2) is 17.5 Å². The molecular formula is C69H44N6. The van der Waals surface area contributed by atoms with Crippen LogP contribution in [0.25, 0.3) is 139 Å². The van der Waals surface area contributed by atoms with E-state index in [-0.39, 0.29) is 0 Å². The number of aromatic nitrogens is 6. The Hall–Kier alpha value is -10.2. The highest BCUT2D eigenvalue weighted by Gasteiger charge is 2.21. The average Bonchev–Trinajstić information content (AvgIpc) is 4.16. The highest BCUT2D eigenvalue weighted by Crippen LogP contribution is 2.42. The minimum absolute atomic E-state index is 0.627. The minimum Gasteiger partial charge on any atom is -0.309 e. The van der Waals surface area contributed by atoms with Crippen LogP contribution in [0.5, 0.6) is 0 Å². The van der Waals surface area contributed by atoms with Crippen molar-refractivity contribution < 1.29 is 0 Å². The van der Waals surface area contributed by atoms with Crippen LogP contribution in [0.4, 0.5) is 0 Å². The third-order valence-corrected chi connectivity index (χ3v) is 14.9. The quantitative estimate of drug-likeness (QED) is 0.152. The average molecular weight is 957 g/mol. The van der Waals surface area contributed by atoms with Crippen LogP contribution < -0.4 is 0 Å². The molecule has 0 radical (unpaired) electrons. The first-order valence-corrected chi connectivity index (χ1v) is 25.4. The molecule has 0 fully saturated rings. The third-order valence-electron chi connectivity index (χ3n) is 14.9. The minimum atomic E-state index is 0.627. The van der Waals surface area contributed by atoms with Crippen LogP contribution in [-0.4, -0.2) is 28.7 Å². The molecule has 6 heteroatoms. The number of rotatable bonds is 8. The summed E-state index contributed by atoms with van der Waals surface area (Å²) in [6.45, 7) is 0. The highest BCUT2D eigenvalue weighted by atomic mass is 15.0. The van der Waals surface area contributed by atoms with Gasteiger partial charge < -0.3 is 13.7 Å². The van der Waals surface area contributed by atoms with E-state index < -0.39 is 0 Å². The second-order valence-corrected chi connectivity index (χ2v) is 19.2. The van der Waals surface area contributed by atoms with Crippen LogP contribution in [0, 0.1) is 0 Å². The molecule has 11 aromatic carbocycles. The summed E-state index contributed by atoms with van der Waals surface area (Å²) in [6, 6.07) is 95.6. The third kappa shape index (κ3) is 6.99. The van der Waals surface area contributed by atoms with E-state index >= 15 is 0 Å².